The lowest BCUT2D eigenvalue weighted by atomic mass is 10.00. The number of hydrogen-bond donors (Lipinski definition) is 1. The maximum absolute atomic E-state index is 12.1. The minimum atomic E-state index is -0.133. The molecule has 2 fully saturated rings. The highest BCUT2D eigenvalue weighted by atomic mass is 16.2. The molecule has 0 aromatic heterocycles. The molecule has 2 heterocycles. The molecule has 0 unspecified atom stereocenters. The molecule has 1 N–H and O–H groups in total. The van der Waals surface area contributed by atoms with Gasteiger partial charge in [0.2, 0.25) is 11.8 Å². The lowest BCUT2D eigenvalue weighted by Gasteiger charge is -2.15. The van der Waals surface area contributed by atoms with Gasteiger partial charge >= 0.3 is 0 Å². The van der Waals surface area contributed by atoms with Gasteiger partial charge in [-0.25, -0.2) is 0 Å². The smallest absolute Gasteiger partial charge is 0.234 e. The number of carbonyl (C=O) groups excluding carboxylic acids is 2. The Morgan fingerprint density at radius 1 is 1.06 bits per heavy atom. The minimum Gasteiger partial charge on any atom is -0.315 e. The summed E-state index contributed by atoms with van der Waals surface area (Å²) in [7, 11) is 0. The number of imide groups is 1. The van der Waals surface area contributed by atoms with Gasteiger partial charge in [-0.1, -0.05) is 30.3 Å². The zero-order valence-electron chi connectivity index (χ0n) is 9.43. The van der Waals surface area contributed by atoms with Gasteiger partial charge in [-0.3, -0.25) is 14.5 Å². The van der Waals surface area contributed by atoms with Crippen molar-refractivity contribution in [3.05, 3.63) is 35.9 Å². The van der Waals surface area contributed by atoms with Gasteiger partial charge in [0.15, 0.2) is 0 Å². The van der Waals surface area contributed by atoms with Crippen molar-refractivity contribution in [1.29, 1.82) is 0 Å². The molecular formula is C13H14N2O2. The van der Waals surface area contributed by atoms with Gasteiger partial charge in [0.1, 0.15) is 0 Å². The summed E-state index contributed by atoms with van der Waals surface area (Å²) < 4.78 is 0. The van der Waals surface area contributed by atoms with E-state index in [1.165, 1.54) is 4.90 Å². The number of rotatable bonds is 2. The van der Waals surface area contributed by atoms with Crippen LogP contribution in [0.15, 0.2) is 30.3 Å². The maximum atomic E-state index is 12.1. The summed E-state index contributed by atoms with van der Waals surface area (Å²) >= 11 is 0. The molecule has 0 spiro atoms. The molecule has 0 saturated carbocycles. The Hall–Kier alpha value is -1.68. The van der Waals surface area contributed by atoms with Crippen molar-refractivity contribution >= 4 is 11.8 Å². The van der Waals surface area contributed by atoms with Crippen molar-refractivity contribution < 1.29 is 9.59 Å². The number of likely N-dealkylation sites (tertiary alicyclic amines) is 1. The number of benzene rings is 1. The molecule has 0 aliphatic carbocycles. The van der Waals surface area contributed by atoms with Crippen LogP contribution in [0.5, 0.6) is 0 Å². The van der Waals surface area contributed by atoms with E-state index in [1.54, 1.807) is 0 Å². The van der Waals surface area contributed by atoms with Crippen molar-refractivity contribution in [2.75, 3.05) is 13.1 Å². The SMILES string of the molecule is O=C1[C@H]2CNC[C@H]2C(=O)N1Cc1ccccc1. The summed E-state index contributed by atoms with van der Waals surface area (Å²) in [6.07, 6.45) is 0. The van der Waals surface area contributed by atoms with E-state index in [0.29, 0.717) is 19.6 Å². The van der Waals surface area contributed by atoms with Crippen molar-refractivity contribution in [2.45, 2.75) is 6.54 Å². The average molecular weight is 230 g/mol. The summed E-state index contributed by atoms with van der Waals surface area (Å²) in [5.74, 6) is -0.305. The number of nitrogens with one attached hydrogen (secondary N) is 1. The zero-order chi connectivity index (χ0) is 11.8. The van der Waals surface area contributed by atoms with Crippen molar-refractivity contribution in [3.8, 4) is 0 Å². The van der Waals surface area contributed by atoms with E-state index in [4.69, 9.17) is 0 Å². The summed E-state index contributed by atoms with van der Waals surface area (Å²) in [5.41, 5.74) is 1.00. The highest BCUT2D eigenvalue weighted by Gasteiger charge is 2.49. The van der Waals surface area contributed by atoms with Crippen LogP contribution in [0, 0.1) is 11.8 Å². The number of fused-ring (bicyclic) bond motifs is 1. The van der Waals surface area contributed by atoms with E-state index in [9.17, 15) is 9.59 Å². The molecule has 1 aromatic carbocycles. The first-order valence-electron chi connectivity index (χ1n) is 5.87. The Labute approximate surface area is 99.6 Å². The van der Waals surface area contributed by atoms with Crippen molar-refractivity contribution in [1.82, 2.24) is 10.2 Å². The largest absolute Gasteiger partial charge is 0.315 e. The molecule has 4 nitrogen and oxygen atoms in total. The second kappa shape index (κ2) is 3.96. The highest BCUT2D eigenvalue weighted by Crippen LogP contribution is 2.30. The third-order valence-electron chi connectivity index (χ3n) is 3.56. The van der Waals surface area contributed by atoms with Crippen molar-refractivity contribution in [2.24, 2.45) is 11.8 Å². The van der Waals surface area contributed by atoms with Crippen molar-refractivity contribution in [3.63, 3.8) is 0 Å². The van der Waals surface area contributed by atoms with Crippen LogP contribution in [-0.2, 0) is 16.1 Å². The molecule has 2 amide bonds. The summed E-state index contributed by atoms with van der Waals surface area (Å²) in [5, 5.41) is 3.10. The Kier molecular flexibility index (Phi) is 2.44. The average Bonchev–Trinajstić information content (AvgIpc) is 2.91. The van der Waals surface area contributed by atoms with E-state index in [1.807, 2.05) is 30.3 Å². The quantitative estimate of drug-likeness (QED) is 0.748. The Bertz CT molecular complexity index is 436. The normalized spacial score (nSPS) is 27.6. The summed E-state index contributed by atoms with van der Waals surface area (Å²) in [6.45, 7) is 1.69. The zero-order valence-corrected chi connectivity index (χ0v) is 9.43. The predicted molar refractivity (Wildman–Crippen MR) is 61.8 cm³/mol. The second-order valence-electron chi connectivity index (χ2n) is 4.62. The van der Waals surface area contributed by atoms with Gasteiger partial charge < -0.3 is 5.32 Å². The maximum Gasteiger partial charge on any atom is 0.234 e. The van der Waals surface area contributed by atoms with Gasteiger partial charge in [0, 0.05) is 13.1 Å². The molecule has 2 aliphatic heterocycles. The van der Waals surface area contributed by atoms with E-state index in [0.717, 1.165) is 5.56 Å². The molecule has 0 bridgehead atoms. The molecule has 2 saturated heterocycles. The van der Waals surface area contributed by atoms with E-state index < -0.39 is 0 Å². The molecule has 2 atom stereocenters. The van der Waals surface area contributed by atoms with Crippen LogP contribution in [0.1, 0.15) is 5.56 Å². The fourth-order valence-corrected chi connectivity index (χ4v) is 2.63. The standard InChI is InChI=1S/C13H14N2O2/c16-12-10-6-14-7-11(10)13(17)15(12)8-9-4-2-1-3-5-9/h1-5,10-11,14H,6-8H2/t10-,11+. The monoisotopic (exact) mass is 230 g/mol. The lowest BCUT2D eigenvalue weighted by molar-refractivity contribution is -0.140. The fourth-order valence-electron chi connectivity index (χ4n) is 2.63. The third kappa shape index (κ3) is 1.65. The van der Waals surface area contributed by atoms with Gasteiger partial charge in [0.25, 0.3) is 0 Å². The predicted octanol–water partition coefficient (Wildman–Crippen LogP) is 0.391. The number of hydrogen-bond acceptors (Lipinski definition) is 3. The Morgan fingerprint density at radius 2 is 1.65 bits per heavy atom. The minimum absolute atomic E-state index is 0.0196. The topological polar surface area (TPSA) is 49.4 Å². The molecule has 3 rings (SSSR count). The molecule has 2 aliphatic rings. The van der Waals surface area contributed by atoms with E-state index >= 15 is 0 Å². The van der Waals surface area contributed by atoms with Crippen LogP contribution in [0.3, 0.4) is 0 Å². The number of amides is 2. The number of carbonyl (C=O) groups is 2. The van der Waals surface area contributed by atoms with E-state index in [-0.39, 0.29) is 23.7 Å². The fraction of sp³-hybridized carbons (Fsp3) is 0.385. The molecular weight excluding hydrogens is 216 g/mol. The first-order valence-corrected chi connectivity index (χ1v) is 5.87. The van der Waals surface area contributed by atoms with Gasteiger partial charge in [-0.2, -0.15) is 0 Å². The molecule has 17 heavy (non-hydrogen) atoms. The van der Waals surface area contributed by atoms with Crippen LogP contribution in [0.25, 0.3) is 0 Å². The first kappa shape index (κ1) is 10.5. The second-order valence-corrected chi connectivity index (χ2v) is 4.62. The highest BCUT2D eigenvalue weighted by molar-refractivity contribution is 6.05. The molecule has 1 aromatic rings. The third-order valence-corrected chi connectivity index (χ3v) is 3.56. The first-order chi connectivity index (χ1) is 8.27. The van der Waals surface area contributed by atoms with Gasteiger partial charge in [-0.15, -0.1) is 0 Å². The Balaban J connectivity index is 1.81. The summed E-state index contributed by atoms with van der Waals surface area (Å²) in [6, 6.07) is 9.64. The van der Waals surface area contributed by atoms with E-state index in [2.05, 4.69) is 5.32 Å². The van der Waals surface area contributed by atoms with Crippen LogP contribution >= 0.6 is 0 Å². The molecule has 88 valence electrons. The van der Waals surface area contributed by atoms with Crippen LogP contribution in [0.4, 0.5) is 0 Å². The lowest BCUT2D eigenvalue weighted by Crippen LogP contribution is -2.34. The van der Waals surface area contributed by atoms with Gasteiger partial charge in [-0.05, 0) is 5.56 Å². The van der Waals surface area contributed by atoms with Gasteiger partial charge in [0.05, 0.1) is 18.4 Å². The summed E-state index contributed by atoms with van der Waals surface area (Å²) in [4.78, 5) is 25.5. The van der Waals surface area contributed by atoms with Crippen LogP contribution in [-0.4, -0.2) is 29.8 Å². The molecule has 0 radical (unpaired) electrons. The van der Waals surface area contributed by atoms with Crippen LogP contribution < -0.4 is 5.32 Å². The van der Waals surface area contributed by atoms with Crippen LogP contribution in [0.2, 0.25) is 0 Å². The number of nitrogens with zero attached hydrogens (tertiary/aromatic N) is 1. The Morgan fingerprint density at radius 3 is 2.24 bits per heavy atom. The molecule has 4 heteroatoms.